The molecule has 0 amide bonds. The van der Waals surface area contributed by atoms with Crippen molar-refractivity contribution in [3.63, 3.8) is 0 Å². The Bertz CT molecular complexity index is 795. The first-order valence-electron chi connectivity index (χ1n) is 12.1. The molecule has 0 aromatic heterocycles. The molecule has 2 N–H and O–H groups in total. The Balaban J connectivity index is 0.00000265. The molecule has 33 heavy (non-hydrogen) atoms. The van der Waals surface area contributed by atoms with Crippen LogP contribution in [0, 0.1) is 0 Å². The molecule has 0 atom stereocenters. The minimum atomic E-state index is 0.0589. The summed E-state index contributed by atoms with van der Waals surface area (Å²) >= 11 is 4.08. The van der Waals surface area contributed by atoms with Crippen molar-refractivity contribution in [3.05, 3.63) is 47.5 Å². The molecular weight excluding hydrogens is 475 g/mol. The van der Waals surface area contributed by atoms with Crippen LogP contribution in [0.15, 0.2) is 46.2 Å². The van der Waals surface area contributed by atoms with Gasteiger partial charge in [-0.05, 0) is 59.1 Å². The summed E-state index contributed by atoms with van der Waals surface area (Å²) < 4.78 is 7.88. The van der Waals surface area contributed by atoms with Gasteiger partial charge in [0.2, 0.25) is 0 Å². The predicted molar refractivity (Wildman–Crippen MR) is 135 cm³/mol. The van der Waals surface area contributed by atoms with Gasteiger partial charge in [0.1, 0.15) is 11.5 Å². The third-order valence-corrected chi connectivity index (χ3v) is 7.61. The molecule has 0 bridgehead atoms. The van der Waals surface area contributed by atoms with Crippen molar-refractivity contribution in [2.75, 3.05) is 0 Å². The van der Waals surface area contributed by atoms with Crippen molar-refractivity contribution in [1.29, 1.82) is 0 Å². The summed E-state index contributed by atoms with van der Waals surface area (Å²) in [5, 5.41) is 21.1. The van der Waals surface area contributed by atoms with E-state index in [2.05, 4.69) is 69.1 Å². The Morgan fingerprint density at radius 1 is 0.697 bits per heavy atom. The van der Waals surface area contributed by atoms with Gasteiger partial charge in [-0.2, -0.15) is 0 Å². The fraction of sp³-hybridized carbons (Fsp3) is 0.571. The van der Waals surface area contributed by atoms with Gasteiger partial charge >= 0.3 is 19.3 Å². The summed E-state index contributed by atoms with van der Waals surface area (Å²) in [6, 6.07) is 11.9. The molecule has 0 saturated heterocycles. The average molecular weight is 517 g/mol. The molecule has 0 heterocycles. The third-order valence-electron chi connectivity index (χ3n) is 6.51. The van der Waals surface area contributed by atoms with Crippen molar-refractivity contribution in [3.8, 4) is 11.5 Å². The number of hydrogen-bond acceptors (Lipinski definition) is 4. The SMILES string of the molecule is CCCCCC(C)(C)c1ccc(O)c(Sc2cc(C(C)(C)CCCCC)ccc2O)c1.[O]=[Ni]. The average Bonchev–Trinajstić information content (AvgIpc) is 2.78. The van der Waals surface area contributed by atoms with Crippen molar-refractivity contribution < 1.29 is 29.5 Å². The first-order valence-corrected chi connectivity index (χ1v) is 13.3. The van der Waals surface area contributed by atoms with Crippen LogP contribution in [0.3, 0.4) is 0 Å². The summed E-state index contributed by atoms with van der Waals surface area (Å²) in [6.07, 6.45) is 9.61. The number of unbranched alkanes of at least 4 members (excludes halogenated alkanes) is 4. The Labute approximate surface area is 213 Å². The predicted octanol–water partition coefficient (Wildman–Crippen LogP) is 8.84. The van der Waals surface area contributed by atoms with E-state index in [-0.39, 0.29) is 22.3 Å². The van der Waals surface area contributed by atoms with E-state index in [1.54, 1.807) is 12.1 Å². The zero-order chi connectivity index (χ0) is 25.1. The molecule has 2 aromatic rings. The standard InChI is InChI=1S/C28H42O2S.Ni.O/c1-7-9-11-17-27(3,4)21-13-15-23(29)25(19-21)31-26-20-22(14-16-24(26)30)28(5,6)18-12-10-8-2;;/h13-16,19-20,29-30H,7-12,17-18H2,1-6H3;;. The van der Waals surface area contributed by atoms with Gasteiger partial charge in [-0.25, -0.2) is 0 Å². The van der Waals surface area contributed by atoms with E-state index < -0.39 is 0 Å². The number of hydrogen-bond donors (Lipinski definition) is 2. The van der Waals surface area contributed by atoms with E-state index in [1.807, 2.05) is 12.1 Å². The van der Waals surface area contributed by atoms with Crippen molar-refractivity contribution in [2.24, 2.45) is 0 Å². The van der Waals surface area contributed by atoms with E-state index in [9.17, 15) is 10.2 Å². The molecule has 0 fully saturated rings. The zero-order valence-corrected chi connectivity index (χ0v) is 23.0. The molecule has 0 aliphatic rings. The maximum atomic E-state index is 10.5. The van der Waals surface area contributed by atoms with Crippen LogP contribution in [0.5, 0.6) is 11.5 Å². The van der Waals surface area contributed by atoms with Gasteiger partial charge in [0.05, 0.1) is 9.79 Å². The topological polar surface area (TPSA) is 57.5 Å². The van der Waals surface area contributed by atoms with Crippen LogP contribution in [0.25, 0.3) is 0 Å². The van der Waals surface area contributed by atoms with Crippen LogP contribution < -0.4 is 0 Å². The molecule has 0 aliphatic heterocycles. The van der Waals surface area contributed by atoms with Gasteiger partial charge in [0.15, 0.2) is 0 Å². The number of phenols is 2. The van der Waals surface area contributed by atoms with Crippen LogP contribution in [0.2, 0.25) is 0 Å². The van der Waals surface area contributed by atoms with Crippen molar-refractivity contribution >= 4 is 11.8 Å². The molecule has 5 heteroatoms. The Morgan fingerprint density at radius 2 is 1.06 bits per heavy atom. The van der Waals surface area contributed by atoms with E-state index in [4.69, 9.17) is 3.90 Å². The third kappa shape index (κ3) is 9.10. The van der Waals surface area contributed by atoms with Gasteiger partial charge in [0, 0.05) is 0 Å². The maximum absolute atomic E-state index is 10.5. The van der Waals surface area contributed by atoms with E-state index in [0.717, 1.165) is 22.6 Å². The molecule has 0 saturated carbocycles. The van der Waals surface area contributed by atoms with Gasteiger partial charge in [-0.3, -0.25) is 0 Å². The summed E-state index contributed by atoms with van der Waals surface area (Å²) in [5.41, 5.74) is 2.59. The summed E-state index contributed by atoms with van der Waals surface area (Å²) in [7, 11) is 0. The second-order valence-corrected chi connectivity index (χ2v) is 11.2. The molecule has 0 unspecified atom stereocenters. The molecule has 0 aliphatic carbocycles. The zero-order valence-electron chi connectivity index (χ0n) is 21.1. The van der Waals surface area contributed by atoms with Crippen LogP contribution in [-0.2, 0) is 30.1 Å². The Hall–Kier alpha value is -1.32. The Kier molecular flexibility index (Phi) is 12.8. The second-order valence-electron chi connectivity index (χ2n) is 10.1. The number of phenolic OH excluding ortho intramolecular Hbond substituents is 2. The van der Waals surface area contributed by atoms with Gasteiger partial charge in [-0.1, -0.05) is 104 Å². The summed E-state index contributed by atoms with van der Waals surface area (Å²) in [4.78, 5) is 1.61. The number of aromatic hydroxyl groups is 2. The molecule has 3 nitrogen and oxygen atoms in total. The van der Waals surface area contributed by atoms with Crippen LogP contribution >= 0.6 is 11.8 Å². The molecule has 2 rings (SSSR count). The van der Waals surface area contributed by atoms with Crippen molar-refractivity contribution in [2.45, 2.75) is 114 Å². The summed E-state index contributed by atoms with van der Waals surface area (Å²) in [6.45, 7) is 13.6. The molecule has 188 valence electrons. The number of benzene rings is 2. The second kappa shape index (κ2) is 14.2. The fourth-order valence-corrected chi connectivity index (χ4v) is 5.03. The Morgan fingerprint density at radius 3 is 1.39 bits per heavy atom. The van der Waals surface area contributed by atoms with E-state index >= 15 is 0 Å². The monoisotopic (exact) mass is 516 g/mol. The van der Waals surface area contributed by atoms with Gasteiger partial charge in [-0.15, -0.1) is 0 Å². The minimum absolute atomic E-state index is 0.0589. The first kappa shape index (κ1) is 29.7. The molecule has 0 spiro atoms. The van der Waals surface area contributed by atoms with Crippen LogP contribution in [0.1, 0.15) is 104 Å². The molecular formula is C28H42NiO3S. The van der Waals surface area contributed by atoms with Gasteiger partial charge < -0.3 is 10.2 Å². The fourth-order valence-electron chi connectivity index (χ4n) is 4.07. The van der Waals surface area contributed by atoms with Crippen molar-refractivity contribution in [1.82, 2.24) is 0 Å². The van der Waals surface area contributed by atoms with E-state index in [1.165, 1.54) is 61.4 Å². The molecule has 0 radical (unpaired) electrons. The van der Waals surface area contributed by atoms with Crippen LogP contribution in [-0.4, -0.2) is 10.2 Å². The van der Waals surface area contributed by atoms with Crippen LogP contribution in [0.4, 0.5) is 0 Å². The molecule has 2 aromatic carbocycles. The number of rotatable bonds is 12. The van der Waals surface area contributed by atoms with Gasteiger partial charge in [0.25, 0.3) is 0 Å². The first-order chi connectivity index (χ1) is 15.6. The summed E-state index contributed by atoms with van der Waals surface area (Å²) in [5.74, 6) is 0.537. The quantitative estimate of drug-likeness (QED) is 0.218. The van der Waals surface area contributed by atoms with E-state index in [0.29, 0.717) is 0 Å². The normalized spacial score (nSPS) is 11.8.